The molecule has 1 atom stereocenters. The normalized spacial score (nSPS) is 18.1. The molecule has 25 heavy (non-hydrogen) atoms. The average Bonchev–Trinajstić information content (AvgIpc) is 2.53. The molecule has 138 valence electrons. The Hall–Kier alpha value is -1.50. The minimum absolute atomic E-state index is 0.176. The summed E-state index contributed by atoms with van der Waals surface area (Å²) in [5.74, 6) is -0.176. The average molecular weight is 389 g/mol. The third kappa shape index (κ3) is 5.00. The number of carboxylic acid groups (broad SMARTS) is 1. The van der Waals surface area contributed by atoms with Crippen molar-refractivity contribution in [2.45, 2.75) is 32.4 Å². The molecule has 1 fully saturated rings. The van der Waals surface area contributed by atoms with Crippen LogP contribution in [0, 0.1) is 0 Å². The number of amides is 2. The zero-order valence-electron chi connectivity index (χ0n) is 14.5. The predicted molar refractivity (Wildman–Crippen MR) is 96.6 cm³/mol. The van der Waals surface area contributed by atoms with Gasteiger partial charge in [0.1, 0.15) is 0 Å². The summed E-state index contributed by atoms with van der Waals surface area (Å²) in [7, 11) is 0. The van der Waals surface area contributed by atoms with Gasteiger partial charge in [0.05, 0.1) is 29.3 Å². The number of benzene rings is 1. The molecule has 1 aromatic carbocycles. The van der Waals surface area contributed by atoms with Crippen molar-refractivity contribution < 1.29 is 19.4 Å². The molecule has 2 rings (SSSR count). The second kappa shape index (κ2) is 7.81. The molecule has 1 aliphatic heterocycles. The lowest BCUT2D eigenvalue weighted by Crippen LogP contribution is -2.54. The smallest absolute Gasteiger partial charge is 0.407 e. The van der Waals surface area contributed by atoms with Crippen LogP contribution in [0.25, 0.3) is 0 Å². The van der Waals surface area contributed by atoms with E-state index < -0.39 is 11.6 Å². The van der Waals surface area contributed by atoms with Crippen LogP contribution < -0.4 is 0 Å². The highest BCUT2D eigenvalue weighted by Crippen LogP contribution is 2.24. The Bertz CT molecular complexity index is 661. The minimum Gasteiger partial charge on any atom is -0.465 e. The first-order chi connectivity index (χ1) is 11.6. The Morgan fingerprint density at radius 2 is 2.00 bits per heavy atom. The number of carbonyl (C=O) groups is 2. The Balaban J connectivity index is 2.08. The van der Waals surface area contributed by atoms with E-state index in [0.29, 0.717) is 35.3 Å². The largest absolute Gasteiger partial charge is 0.465 e. The molecule has 8 heteroatoms. The van der Waals surface area contributed by atoms with Crippen LogP contribution in [0.5, 0.6) is 0 Å². The van der Waals surface area contributed by atoms with Crippen molar-refractivity contribution in [3.8, 4) is 0 Å². The van der Waals surface area contributed by atoms with Gasteiger partial charge in [0.25, 0.3) is 5.91 Å². The van der Waals surface area contributed by atoms with Crippen LogP contribution in [0.15, 0.2) is 18.2 Å². The van der Waals surface area contributed by atoms with E-state index in [-0.39, 0.29) is 18.6 Å². The van der Waals surface area contributed by atoms with Crippen LogP contribution in [0.3, 0.4) is 0 Å². The molecule has 0 radical (unpaired) electrons. The zero-order chi connectivity index (χ0) is 18.8. The van der Waals surface area contributed by atoms with E-state index in [4.69, 9.17) is 27.9 Å². The van der Waals surface area contributed by atoms with Crippen molar-refractivity contribution in [1.82, 2.24) is 9.80 Å². The van der Waals surface area contributed by atoms with E-state index in [9.17, 15) is 14.7 Å². The molecule has 0 aliphatic carbocycles. The Kier molecular flexibility index (Phi) is 6.19. The Morgan fingerprint density at radius 1 is 1.32 bits per heavy atom. The third-order valence-electron chi connectivity index (χ3n) is 4.02. The van der Waals surface area contributed by atoms with Gasteiger partial charge >= 0.3 is 6.09 Å². The quantitative estimate of drug-likeness (QED) is 0.858. The molecule has 1 N–H and O–H groups in total. The SMILES string of the molecule is CC(C)(C)N(C[C@@H]1CN(C(=O)c2ccc(Cl)c(Cl)c2)CCO1)C(=O)O. The fraction of sp³-hybridized carbons (Fsp3) is 0.529. The molecule has 0 saturated carbocycles. The zero-order valence-corrected chi connectivity index (χ0v) is 16.0. The summed E-state index contributed by atoms with van der Waals surface area (Å²) in [4.78, 5) is 27.1. The molecular weight excluding hydrogens is 367 g/mol. The monoisotopic (exact) mass is 388 g/mol. The van der Waals surface area contributed by atoms with E-state index in [0.717, 1.165) is 0 Å². The minimum atomic E-state index is -1.01. The Labute approximate surface area is 157 Å². The molecule has 1 saturated heterocycles. The van der Waals surface area contributed by atoms with Crippen LogP contribution >= 0.6 is 23.2 Å². The van der Waals surface area contributed by atoms with Crippen molar-refractivity contribution in [3.63, 3.8) is 0 Å². The highest BCUT2D eigenvalue weighted by atomic mass is 35.5. The van der Waals surface area contributed by atoms with Crippen molar-refractivity contribution >= 4 is 35.2 Å². The summed E-state index contributed by atoms with van der Waals surface area (Å²) in [6.45, 7) is 6.78. The fourth-order valence-corrected chi connectivity index (χ4v) is 2.97. The van der Waals surface area contributed by atoms with Crippen LogP contribution in [0.1, 0.15) is 31.1 Å². The van der Waals surface area contributed by atoms with Gasteiger partial charge in [-0.15, -0.1) is 0 Å². The molecule has 1 heterocycles. The summed E-state index contributed by atoms with van der Waals surface area (Å²) >= 11 is 11.9. The first kappa shape index (κ1) is 19.8. The van der Waals surface area contributed by atoms with Crippen LogP contribution in [0.2, 0.25) is 10.0 Å². The van der Waals surface area contributed by atoms with E-state index in [1.807, 2.05) is 20.8 Å². The second-order valence-corrected chi connectivity index (χ2v) is 7.75. The molecule has 0 spiro atoms. The van der Waals surface area contributed by atoms with Gasteiger partial charge in [-0.2, -0.15) is 0 Å². The molecule has 1 aliphatic rings. The number of rotatable bonds is 3. The number of ether oxygens (including phenoxy) is 1. The number of hydrogen-bond acceptors (Lipinski definition) is 3. The standard InChI is InChI=1S/C17H22Cl2N2O4/c1-17(2,3)21(16(23)24)10-12-9-20(6-7-25-12)15(22)11-4-5-13(18)14(19)8-11/h4-5,8,12H,6-7,9-10H2,1-3H3,(H,23,24)/t12-/m0/s1. The number of halogens is 2. The topological polar surface area (TPSA) is 70.1 Å². The van der Waals surface area contributed by atoms with Gasteiger partial charge in [-0.05, 0) is 39.0 Å². The van der Waals surface area contributed by atoms with Crippen molar-refractivity contribution in [2.24, 2.45) is 0 Å². The number of carbonyl (C=O) groups excluding carboxylic acids is 1. The van der Waals surface area contributed by atoms with Gasteiger partial charge < -0.3 is 19.6 Å². The first-order valence-electron chi connectivity index (χ1n) is 7.96. The molecule has 0 unspecified atom stereocenters. The van der Waals surface area contributed by atoms with Crippen molar-refractivity contribution in [2.75, 3.05) is 26.2 Å². The van der Waals surface area contributed by atoms with Gasteiger partial charge in [0.15, 0.2) is 0 Å². The lowest BCUT2D eigenvalue weighted by atomic mass is 10.1. The summed E-state index contributed by atoms with van der Waals surface area (Å²) < 4.78 is 5.67. The fourth-order valence-electron chi connectivity index (χ4n) is 2.67. The highest BCUT2D eigenvalue weighted by molar-refractivity contribution is 6.42. The maximum atomic E-state index is 12.7. The van der Waals surface area contributed by atoms with Crippen LogP contribution in [0.4, 0.5) is 4.79 Å². The number of morpholine rings is 1. The van der Waals surface area contributed by atoms with Gasteiger partial charge in [-0.1, -0.05) is 23.2 Å². The van der Waals surface area contributed by atoms with Crippen molar-refractivity contribution in [3.05, 3.63) is 33.8 Å². The van der Waals surface area contributed by atoms with Gasteiger partial charge in [-0.3, -0.25) is 4.79 Å². The van der Waals surface area contributed by atoms with Gasteiger partial charge in [0.2, 0.25) is 0 Å². The third-order valence-corrected chi connectivity index (χ3v) is 4.76. The summed E-state index contributed by atoms with van der Waals surface area (Å²) in [6.07, 6.45) is -1.39. The van der Waals surface area contributed by atoms with E-state index >= 15 is 0 Å². The molecule has 0 aromatic heterocycles. The number of hydrogen-bond donors (Lipinski definition) is 1. The molecule has 0 bridgehead atoms. The van der Waals surface area contributed by atoms with Crippen molar-refractivity contribution in [1.29, 1.82) is 0 Å². The van der Waals surface area contributed by atoms with Crippen LogP contribution in [-0.4, -0.2) is 64.8 Å². The summed E-state index contributed by atoms with van der Waals surface area (Å²) in [5.41, 5.74) is -0.105. The van der Waals surface area contributed by atoms with E-state index in [1.54, 1.807) is 17.0 Å². The highest BCUT2D eigenvalue weighted by Gasteiger charge is 2.32. The lowest BCUT2D eigenvalue weighted by Gasteiger charge is -2.39. The second-order valence-electron chi connectivity index (χ2n) is 6.94. The molecular formula is C17H22Cl2N2O4. The first-order valence-corrected chi connectivity index (χ1v) is 8.71. The van der Waals surface area contributed by atoms with Crippen LogP contribution in [-0.2, 0) is 4.74 Å². The Morgan fingerprint density at radius 3 is 2.56 bits per heavy atom. The molecule has 6 nitrogen and oxygen atoms in total. The van der Waals surface area contributed by atoms with E-state index in [1.165, 1.54) is 11.0 Å². The lowest BCUT2D eigenvalue weighted by molar-refractivity contribution is -0.0428. The summed E-state index contributed by atoms with van der Waals surface area (Å²) in [5, 5.41) is 10.1. The maximum absolute atomic E-state index is 12.7. The number of nitrogens with zero attached hydrogens (tertiary/aromatic N) is 2. The van der Waals surface area contributed by atoms with Gasteiger partial charge in [-0.25, -0.2) is 4.79 Å². The molecule has 2 amide bonds. The maximum Gasteiger partial charge on any atom is 0.407 e. The van der Waals surface area contributed by atoms with Gasteiger partial charge in [0, 0.05) is 24.2 Å². The molecule has 1 aromatic rings. The predicted octanol–water partition coefficient (Wildman–Crippen LogP) is 3.61. The van der Waals surface area contributed by atoms with E-state index in [2.05, 4.69) is 0 Å². The summed E-state index contributed by atoms with van der Waals surface area (Å²) in [6, 6.07) is 4.75.